The Balaban J connectivity index is 2.32. The van der Waals surface area contributed by atoms with Gasteiger partial charge in [-0.3, -0.25) is 0 Å². The Labute approximate surface area is 178 Å². The molecular weight excluding hydrogens is 551 g/mol. The summed E-state index contributed by atoms with van der Waals surface area (Å²) in [6, 6.07) is 6.17. The first-order valence-electron chi connectivity index (χ1n) is 7.60. The maximum atomic E-state index is 14.6. The number of nitrogens with zero attached hydrogens (tertiary/aromatic N) is 2. The summed E-state index contributed by atoms with van der Waals surface area (Å²) in [6.45, 7) is 0. The third-order valence-corrected chi connectivity index (χ3v) is 5.81. The van der Waals surface area contributed by atoms with Crippen molar-refractivity contribution in [2.24, 2.45) is 0 Å². The molecule has 0 N–H and O–H groups in total. The minimum atomic E-state index is -4.84. The molecule has 0 saturated carbocycles. The Morgan fingerprint density at radius 1 is 0.931 bits per heavy atom. The Hall–Kier alpha value is -1.79. The summed E-state index contributed by atoms with van der Waals surface area (Å²) in [5.74, 6) is -2.56. The summed E-state index contributed by atoms with van der Waals surface area (Å²) in [7, 11) is -4.08. The lowest BCUT2D eigenvalue weighted by atomic mass is 10.1. The van der Waals surface area contributed by atoms with Gasteiger partial charge in [-0.25, -0.2) is 21.9 Å². The van der Waals surface area contributed by atoms with Crippen LogP contribution < -0.4 is 0 Å². The van der Waals surface area contributed by atoms with Crippen LogP contribution in [0.2, 0.25) is 0 Å². The molecule has 0 bridgehead atoms. The maximum Gasteiger partial charge on any atom is 0.435 e. The molecule has 0 fully saturated rings. The highest BCUT2D eigenvalue weighted by Gasteiger charge is 2.36. The maximum absolute atomic E-state index is 14.6. The summed E-state index contributed by atoms with van der Waals surface area (Å²) in [5.41, 5.74) is -1.95. The van der Waals surface area contributed by atoms with E-state index < -0.39 is 43.9 Å². The van der Waals surface area contributed by atoms with Gasteiger partial charge in [0.2, 0.25) is 0 Å². The van der Waals surface area contributed by atoms with E-state index in [1.807, 2.05) is 0 Å². The lowest BCUT2D eigenvalue weighted by Crippen LogP contribution is -2.10. The highest BCUT2D eigenvalue weighted by atomic mass is 79.9. The van der Waals surface area contributed by atoms with E-state index in [9.17, 15) is 30.4 Å². The van der Waals surface area contributed by atoms with Crippen molar-refractivity contribution >= 4 is 41.7 Å². The van der Waals surface area contributed by atoms with Crippen LogP contribution in [0.25, 0.3) is 16.9 Å². The number of rotatable bonds is 3. The van der Waals surface area contributed by atoms with E-state index in [0.717, 1.165) is 0 Å². The molecule has 0 aliphatic rings. The number of sulfone groups is 1. The molecule has 0 amide bonds. The van der Waals surface area contributed by atoms with Gasteiger partial charge >= 0.3 is 6.18 Å². The van der Waals surface area contributed by atoms with Crippen molar-refractivity contribution in [2.75, 3.05) is 6.26 Å². The summed E-state index contributed by atoms with van der Waals surface area (Å²) >= 11 is 6.42. The summed E-state index contributed by atoms with van der Waals surface area (Å²) in [4.78, 5) is -0.909. The first-order valence-corrected chi connectivity index (χ1v) is 11.1. The SMILES string of the molecule is CS(=O)(=O)c1cc(F)c(-n2nc(C(F)(F)F)cc2-c2cc(Br)cc(Br)c2)cc1F. The molecule has 0 atom stereocenters. The first-order chi connectivity index (χ1) is 13.3. The molecule has 4 nitrogen and oxygen atoms in total. The molecule has 12 heteroatoms. The van der Waals surface area contributed by atoms with E-state index in [0.29, 0.717) is 38.1 Å². The first kappa shape index (κ1) is 21.9. The van der Waals surface area contributed by atoms with Crippen molar-refractivity contribution in [3.63, 3.8) is 0 Å². The van der Waals surface area contributed by atoms with Gasteiger partial charge in [0.25, 0.3) is 0 Å². The topological polar surface area (TPSA) is 52.0 Å². The Kier molecular flexibility index (Phi) is 5.65. The number of hydrogen-bond acceptors (Lipinski definition) is 3. The van der Waals surface area contributed by atoms with Gasteiger partial charge in [-0.1, -0.05) is 31.9 Å². The van der Waals surface area contributed by atoms with Crippen molar-refractivity contribution in [3.8, 4) is 16.9 Å². The molecule has 2 aromatic carbocycles. The number of alkyl halides is 3. The third-order valence-electron chi connectivity index (χ3n) is 3.79. The summed E-state index contributed by atoms with van der Waals surface area (Å²) in [5, 5.41) is 3.39. The van der Waals surface area contributed by atoms with Gasteiger partial charge in [-0.15, -0.1) is 0 Å². The van der Waals surface area contributed by atoms with Crippen LogP contribution in [0.3, 0.4) is 0 Å². The molecule has 0 aliphatic heterocycles. The summed E-state index contributed by atoms with van der Waals surface area (Å²) < 4.78 is 93.3. The van der Waals surface area contributed by atoms with Gasteiger partial charge in [0.05, 0.1) is 5.69 Å². The number of hydrogen-bond donors (Lipinski definition) is 0. The van der Waals surface area contributed by atoms with Crippen LogP contribution in [-0.4, -0.2) is 24.5 Å². The Morgan fingerprint density at radius 2 is 1.52 bits per heavy atom. The van der Waals surface area contributed by atoms with Gasteiger partial charge in [0.1, 0.15) is 22.2 Å². The second-order valence-corrected chi connectivity index (χ2v) is 9.80. The van der Waals surface area contributed by atoms with Crippen molar-refractivity contribution in [1.82, 2.24) is 9.78 Å². The zero-order valence-corrected chi connectivity index (χ0v) is 18.2. The summed E-state index contributed by atoms with van der Waals surface area (Å²) in [6.07, 6.45) is -4.16. The lowest BCUT2D eigenvalue weighted by molar-refractivity contribution is -0.141. The van der Waals surface area contributed by atoms with Crippen molar-refractivity contribution < 1.29 is 30.4 Å². The highest BCUT2D eigenvalue weighted by Crippen LogP contribution is 2.36. The van der Waals surface area contributed by atoms with E-state index in [4.69, 9.17) is 0 Å². The van der Waals surface area contributed by atoms with E-state index in [1.165, 1.54) is 12.1 Å². The van der Waals surface area contributed by atoms with Gasteiger partial charge in [-0.2, -0.15) is 18.3 Å². The average molecular weight is 560 g/mol. The van der Waals surface area contributed by atoms with Gasteiger partial charge in [0, 0.05) is 26.8 Å². The van der Waals surface area contributed by atoms with E-state index in [1.54, 1.807) is 6.07 Å². The van der Waals surface area contributed by atoms with Crippen molar-refractivity contribution in [3.05, 3.63) is 62.7 Å². The predicted molar refractivity (Wildman–Crippen MR) is 102 cm³/mol. The predicted octanol–water partition coefficient (Wildman–Crippen LogP) is 5.76. The molecule has 0 spiro atoms. The van der Waals surface area contributed by atoms with Crippen LogP contribution in [-0.2, 0) is 16.0 Å². The molecule has 1 aromatic heterocycles. The molecule has 0 unspecified atom stereocenters. The van der Waals surface area contributed by atoms with Crippen LogP contribution in [0.1, 0.15) is 5.69 Å². The molecule has 0 saturated heterocycles. The monoisotopic (exact) mass is 558 g/mol. The minimum absolute atomic E-state index is 0.176. The van der Waals surface area contributed by atoms with Gasteiger partial charge in [0.15, 0.2) is 15.5 Å². The van der Waals surface area contributed by atoms with Crippen LogP contribution >= 0.6 is 31.9 Å². The third kappa shape index (κ3) is 4.53. The van der Waals surface area contributed by atoms with Crippen LogP contribution in [0.5, 0.6) is 0 Å². The van der Waals surface area contributed by atoms with Crippen molar-refractivity contribution in [1.29, 1.82) is 0 Å². The van der Waals surface area contributed by atoms with Crippen LogP contribution in [0, 0.1) is 11.6 Å². The zero-order chi connectivity index (χ0) is 21.7. The highest BCUT2D eigenvalue weighted by molar-refractivity contribution is 9.11. The molecular formula is C17H9Br2F5N2O2S. The minimum Gasteiger partial charge on any atom is -0.229 e. The Bertz CT molecular complexity index is 1200. The lowest BCUT2D eigenvalue weighted by Gasteiger charge is -2.11. The van der Waals surface area contributed by atoms with Crippen LogP contribution in [0.4, 0.5) is 22.0 Å². The molecule has 0 radical (unpaired) electrons. The second kappa shape index (κ2) is 7.47. The largest absolute Gasteiger partial charge is 0.435 e. The molecule has 154 valence electrons. The van der Waals surface area contributed by atoms with Crippen LogP contribution in [0.15, 0.2) is 50.2 Å². The van der Waals surface area contributed by atoms with E-state index in [-0.39, 0.29) is 11.3 Å². The smallest absolute Gasteiger partial charge is 0.229 e. The number of aromatic nitrogens is 2. The van der Waals surface area contributed by atoms with E-state index in [2.05, 4.69) is 37.0 Å². The molecule has 29 heavy (non-hydrogen) atoms. The fraction of sp³-hybridized carbons (Fsp3) is 0.118. The van der Waals surface area contributed by atoms with Crippen molar-refractivity contribution in [2.45, 2.75) is 11.1 Å². The zero-order valence-electron chi connectivity index (χ0n) is 14.2. The molecule has 0 aliphatic carbocycles. The fourth-order valence-electron chi connectivity index (χ4n) is 2.58. The molecule has 1 heterocycles. The number of benzene rings is 2. The Morgan fingerprint density at radius 3 is 2.03 bits per heavy atom. The average Bonchev–Trinajstić information content (AvgIpc) is 3.00. The number of halogens is 7. The van der Waals surface area contributed by atoms with Gasteiger partial charge in [-0.05, 0) is 30.3 Å². The van der Waals surface area contributed by atoms with Gasteiger partial charge < -0.3 is 0 Å². The molecule has 3 aromatic rings. The second-order valence-electron chi connectivity index (χ2n) is 5.99. The standard InChI is InChI=1S/C17H9Br2F5N2O2S/c1-29(27,28)15-6-11(20)14(5-12(15)21)26-13(7-16(25-26)17(22,23)24)8-2-9(18)4-10(19)3-8/h2-7H,1H3. The molecule has 3 rings (SSSR count). The normalized spacial score (nSPS) is 12.4. The fourth-order valence-corrected chi connectivity index (χ4v) is 4.60. The quantitative estimate of drug-likeness (QED) is 0.383. The van der Waals surface area contributed by atoms with E-state index >= 15 is 0 Å².